The highest BCUT2D eigenvalue weighted by molar-refractivity contribution is 14.0. The maximum absolute atomic E-state index is 12.3. The maximum Gasteiger partial charge on any atom is 0.227 e. The minimum absolute atomic E-state index is 0. The van der Waals surface area contributed by atoms with Crippen LogP contribution in [0.4, 0.5) is 5.69 Å². The van der Waals surface area contributed by atoms with Crippen molar-refractivity contribution in [3.63, 3.8) is 0 Å². The van der Waals surface area contributed by atoms with Crippen molar-refractivity contribution in [3.8, 4) is 0 Å². The van der Waals surface area contributed by atoms with E-state index < -0.39 is 0 Å². The molecule has 26 heavy (non-hydrogen) atoms. The predicted molar refractivity (Wildman–Crippen MR) is 118 cm³/mol. The molecule has 1 saturated heterocycles. The van der Waals surface area contributed by atoms with E-state index in [0.717, 1.165) is 37.2 Å². The molecule has 1 heterocycles. The Balaban J connectivity index is 0.00000243. The fourth-order valence-electron chi connectivity index (χ4n) is 3.85. The van der Waals surface area contributed by atoms with Gasteiger partial charge in [0.2, 0.25) is 5.91 Å². The van der Waals surface area contributed by atoms with Gasteiger partial charge < -0.3 is 16.0 Å². The number of amides is 1. The summed E-state index contributed by atoms with van der Waals surface area (Å²) in [5.41, 5.74) is 8.09. The van der Waals surface area contributed by atoms with Gasteiger partial charge in [0, 0.05) is 24.7 Å². The van der Waals surface area contributed by atoms with Crippen molar-refractivity contribution in [2.24, 2.45) is 22.6 Å². The van der Waals surface area contributed by atoms with E-state index >= 15 is 0 Å². The Morgan fingerprint density at radius 2 is 2.04 bits per heavy atom. The minimum Gasteiger partial charge on any atom is -0.370 e. The third-order valence-corrected chi connectivity index (χ3v) is 5.33. The molecule has 1 unspecified atom stereocenters. The van der Waals surface area contributed by atoms with Gasteiger partial charge in [-0.2, -0.15) is 0 Å². The van der Waals surface area contributed by atoms with Crippen LogP contribution in [-0.2, 0) is 11.3 Å². The topological polar surface area (TPSA) is 70.7 Å². The SMILES string of the molecule is CC1CCCN(C(N)=NCc2cccc(NC(=O)C3CCCC3)c2)C1.I. The van der Waals surface area contributed by atoms with Crippen molar-refractivity contribution < 1.29 is 4.79 Å². The molecular weight excluding hydrogens is 439 g/mol. The van der Waals surface area contributed by atoms with Crippen LogP contribution >= 0.6 is 24.0 Å². The van der Waals surface area contributed by atoms with Gasteiger partial charge in [0.15, 0.2) is 5.96 Å². The summed E-state index contributed by atoms with van der Waals surface area (Å²) in [4.78, 5) is 19.0. The first-order valence-electron chi connectivity index (χ1n) is 9.56. The average Bonchev–Trinajstić information content (AvgIpc) is 3.15. The predicted octanol–water partition coefficient (Wildman–Crippen LogP) is 3.98. The molecule has 0 spiro atoms. The number of anilines is 1. The minimum atomic E-state index is 0. The van der Waals surface area contributed by atoms with Gasteiger partial charge in [-0.25, -0.2) is 4.99 Å². The first-order chi connectivity index (χ1) is 12.1. The largest absolute Gasteiger partial charge is 0.370 e. The van der Waals surface area contributed by atoms with Gasteiger partial charge in [-0.1, -0.05) is 31.9 Å². The van der Waals surface area contributed by atoms with Gasteiger partial charge in [0.25, 0.3) is 0 Å². The molecule has 2 fully saturated rings. The quantitative estimate of drug-likeness (QED) is 0.397. The molecule has 0 aromatic heterocycles. The standard InChI is InChI=1S/C20H30N4O.HI/c1-15-6-5-11-24(14-15)20(21)22-13-16-7-4-10-18(12-16)23-19(25)17-8-2-3-9-17;/h4,7,10,12,15,17H,2-3,5-6,8-9,11,13-14H2,1H3,(H2,21,22)(H,23,25);1H. The lowest BCUT2D eigenvalue weighted by molar-refractivity contribution is -0.119. The molecule has 1 aliphatic carbocycles. The van der Waals surface area contributed by atoms with Crippen LogP contribution in [0.5, 0.6) is 0 Å². The van der Waals surface area contributed by atoms with E-state index in [1.54, 1.807) is 0 Å². The number of carbonyl (C=O) groups is 1. The molecule has 1 aromatic rings. The van der Waals surface area contributed by atoms with Crippen LogP contribution in [0, 0.1) is 11.8 Å². The maximum atomic E-state index is 12.3. The van der Waals surface area contributed by atoms with Crippen LogP contribution in [0.25, 0.3) is 0 Å². The van der Waals surface area contributed by atoms with E-state index in [-0.39, 0.29) is 35.8 Å². The summed E-state index contributed by atoms with van der Waals surface area (Å²) in [5, 5.41) is 3.05. The van der Waals surface area contributed by atoms with Crippen molar-refractivity contribution in [1.82, 2.24) is 4.90 Å². The number of hydrogen-bond acceptors (Lipinski definition) is 2. The van der Waals surface area contributed by atoms with Gasteiger partial charge >= 0.3 is 0 Å². The van der Waals surface area contributed by atoms with Crippen LogP contribution in [-0.4, -0.2) is 29.9 Å². The number of rotatable bonds is 4. The Kier molecular flexibility index (Phi) is 8.18. The fraction of sp³-hybridized carbons (Fsp3) is 0.600. The molecule has 1 saturated carbocycles. The van der Waals surface area contributed by atoms with E-state index in [0.29, 0.717) is 18.4 Å². The van der Waals surface area contributed by atoms with E-state index in [4.69, 9.17) is 5.73 Å². The first-order valence-corrected chi connectivity index (χ1v) is 9.56. The number of nitrogens with two attached hydrogens (primary N) is 1. The van der Waals surface area contributed by atoms with Crippen LogP contribution < -0.4 is 11.1 Å². The van der Waals surface area contributed by atoms with Crippen LogP contribution in [0.1, 0.15) is 51.0 Å². The van der Waals surface area contributed by atoms with E-state index in [1.807, 2.05) is 24.3 Å². The first kappa shape index (κ1) is 21.0. The highest BCUT2D eigenvalue weighted by atomic mass is 127. The van der Waals surface area contributed by atoms with Gasteiger partial charge in [-0.3, -0.25) is 4.79 Å². The number of likely N-dealkylation sites (tertiary alicyclic amines) is 1. The highest BCUT2D eigenvalue weighted by Crippen LogP contribution is 2.26. The highest BCUT2D eigenvalue weighted by Gasteiger charge is 2.22. The zero-order valence-corrected chi connectivity index (χ0v) is 17.9. The second-order valence-corrected chi connectivity index (χ2v) is 7.54. The Morgan fingerprint density at radius 1 is 1.27 bits per heavy atom. The Morgan fingerprint density at radius 3 is 2.77 bits per heavy atom. The third kappa shape index (κ3) is 5.86. The van der Waals surface area contributed by atoms with Crippen LogP contribution in [0.2, 0.25) is 0 Å². The number of aliphatic imine (C=N–C) groups is 1. The van der Waals surface area contributed by atoms with E-state index in [2.05, 4.69) is 22.1 Å². The number of halogens is 1. The normalized spacial score (nSPS) is 21.3. The molecule has 2 aliphatic rings. The lowest BCUT2D eigenvalue weighted by atomic mass is 10.0. The molecule has 5 nitrogen and oxygen atoms in total. The molecule has 3 rings (SSSR count). The second-order valence-electron chi connectivity index (χ2n) is 7.54. The number of hydrogen-bond donors (Lipinski definition) is 2. The Hall–Kier alpha value is -1.31. The van der Waals surface area contributed by atoms with Gasteiger partial charge in [0.05, 0.1) is 6.54 Å². The summed E-state index contributed by atoms with van der Waals surface area (Å²) in [6, 6.07) is 7.94. The van der Waals surface area contributed by atoms with Crippen molar-refractivity contribution in [2.45, 2.75) is 52.0 Å². The van der Waals surface area contributed by atoms with E-state index in [1.165, 1.54) is 25.7 Å². The van der Waals surface area contributed by atoms with Gasteiger partial charge in [0.1, 0.15) is 0 Å². The molecule has 144 valence electrons. The molecule has 1 atom stereocenters. The summed E-state index contributed by atoms with van der Waals surface area (Å²) in [7, 11) is 0. The number of guanidine groups is 1. The summed E-state index contributed by atoms with van der Waals surface area (Å²) < 4.78 is 0. The average molecular weight is 470 g/mol. The molecule has 0 bridgehead atoms. The Labute approximate surface area is 173 Å². The van der Waals surface area contributed by atoms with Gasteiger partial charge in [-0.15, -0.1) is 24.0 Å². The smallest absolute Gasteiger partial charge is 0.227 e. The number of nitrogens with zero attached hydrogens (tertiary/aromatic N) is 2. The molecule has 0 radical (unpaired) electrons. The monoisotopic (exact) mass is 470 g/mol. The molecule has 6 heteroatoms. The summed E-state index contributed by atoms with van der Waals surface area (Å²) >= 11 is 0. The van der Waals surface area contributed by atoms with Crippen LogP contribution in [0.3, 0.4) is 0 Å². The number of nitrogens with one attached hydrogen (secondary N) is 1. The number of piperidine rings is 1. The third-order valence-electron chi connectivity index (χ3n) is 5.33. The van der Waals surface area contributed by atoms with Crippen molar-refractivity contribution in [2.75, 3.05) is 18.4 Å². The molecule has 1 aromatic carbocycles. The Bertz CT molecular complexity index is 628. The molecular formula is C20H31IN4O. The summed E-state index contributed by atoms with van der Waals surface area (Å²) in [6.45, 7) is 4.80. The number of carbonyl (C=O) groups excluding carboxylic acids is 1. The summed E-state index contributed by atoms with van der Waals surface area (Å²) in [6.07, 6.45) is 6.82. The molecule has 3 N–H and O–H groups in total. The van der Waals surface area contributed by atoms with Gasteiger partial charge in [-0.05, 0) is 49.3 Å². The molecule has 1 aliphatic heterocycles. The van der Waals surface area contributed by atoms with Crippen molar-refractivity contribution in [3.05, 3.63) is 29.8 Å². The summed E-state index contributed by atoms with van der Waals surface area (Å²) in [5.74, 6) is 1.64. The van der Waals surface area contributed by atoms with Crippen LogP contribution in [0.15, 0.2) is 29.3 Å². The zero-order chi connectivity index (χ0) is 17.6. The van der Waals surface area contributed by atoms with Crippen molar-refractivity contribution in [1.29, 1.82) is 0 Å². The zero-order valence-electron chi connectivity index (χ0n) is 15.6. The fourth-order valence-corrected chi connectivity index (χ4v) is 3.85. The number of benzene rings is 1. The van der Waals surface area contributed by atoms with Crippen molar-refractivity contribution >= 4 is 41.5 Å². The lowest BCUT2D eigenvalue weighted by Gasteiger charge is -2.31. The molecule has 1 amide bonds. The van der Waals surface area contributed by atoms with E-state index in [9.17, 15) is 4.79 Å². The second kappa shape index (κ2) is 10.1. The lowest BCUT2D eigenvalue weighted by Crippen LogP contribution is -2.43.